The highest BCUT2D eigenvalue weighted by molar-refractivity contribution is 7.89. The summed E-state index contributed by atoms with van der Waals surface area (Å²) in [5.74, 6) is -1.04. The third-order valence-electron chi connectivity index (χ3n) is 4.05. The molecule has 0 saturated carbocycles. The molecule has 2 rings (SSSR count). The van der Waals surface area contributed by atoms with Crippen LogP contribution in [-0.2, 0) is 19.6 Å². The van der Waals surface area contributed by atoms with Crippen LogP contribution in [0.5, 0.6) is 0 Å². The number of amides is 1. The lowest BCUT2D eigenvalue weighted by Gasteiger charge is -2.25. The molecule has 1 aliphatic heterocycles. The Kier molecular flexibility index (Phi) is 6.55. The summed E-state index contributed by atoms with van der Waals surface area (Å²) in [6.07, 6.45) is 1.85. The highest BCUT2D eigenvalue weighted by Crippen LogP contribution is 2.21. The molecule has 7 nitrogen and oxygen atoms in total. The number of hydrogen-bond acceptors (Lipinski definition) is 5. The van der Waals surface area contributed by atoms with Crippen LogP contribution in [-0.4, -0.2) is 50.3 Å². The second-order valence-electron chi connectivity index (χ2n) is 5.93. The van der Waals surface area contributed by atoms with Crippen LogP contribution in [0.2, 0.25) is 0 Å². The first kappa shape index (κ1) is 19.4. The van der Waals surface area contributed by atoms with E-state index in [0.29, 0.717) is 19.6 Å². The van der Waals surface area contributed by atoms with Gasteiger partial charge in [-0.05, 0) is 51.0 Å². The van der Waals surface area contributed by atoms with Crippen LogP contribution >= 0.6 is 0 Å². The number of nitrogens with zero attached hydrogens (tertiary/aromatic N) is 1. The Balaban J connectivity index is 2.06. The topological polar surface area (TPSA) is 92.8 Å². The molecule has 1 aromatic carbocycles. The van der Waals surface area contributed by atoms with Gasteiger partial charge in [0, 0.05) is 19.6 Å². The number of esters is 1. The second-order valence-corrected chi connectivity index (χ2v) is 7.87. The Bertz CT molecular complexity index is 709. The zero-order valence-corrected chi connectivity index (χ0v) is 15.3. The number of sulfonamides is 1. The maximum atomic E-state index is 12.6. The monoisotopic (exact) mass is 368 g/mol. The number of nitrogens with one attached hydrogen (secondary N) is 1. The summed E-state index contributed by atoms with van der Waals surface area (Å²) in [5.41, 5.74) is 0.203. The predicted molar refractivity (Wildman–Crippen MR) is 92.6 cm³/mol. The number of ether oxygens (including phenoxy) is 1. The number of piperidine rings is 1. The van der Waals surface area contributed by atoms with Gasteiger partial charge in [-0.15, -0.1) is 0 Å². The van der Waals surface area contributed by atoms with Gasteiger partial charge in [-0.25, -0.2) is 13.2 Å². The van der Waals surface area contributed by atoms with Crippen molar-refractivity contribution in [3.63, 3.8) is 0 Å². The zero-order chi connectivity index (χ0) is 18.4. The number of hydrogen-bond donors (Lipinski definition) is 1. The van der Waals surface area contributed by atoms with Crippen molar-refractivity contribution < 1.29 is 22.7 Å². The molecular weight excluding hydrogens is 344 g/mol. The molecule has 0 spiro atoms. The lowest BCUT2D eigenvalue weighted by molar-refractivity contribution is -0.128. The predicted octanol–water partition coefficient (Wildman–Crippen LogP) is 1.54. The first-order valence-electron chi connectivity index (χ1n) is 8.45. The van der Waals surface area contributed by atoms with E-state index in [1.54, 1.807) is 6.92 Å². The van der Waals surface area contributed by atoms with E-state index in [2.05, 4.69) is 5.32 Å². The molecule has 1 fully saturated rings. The van der Waals surface area contributed by atoms with Crippen molar-refractivity contribution in [2.75, 3.05) is 19.6 Å². The standard InChI is InChI=1S/C17H24N2O5S/c1-3-18-16(20)13(2)24-17(21)14-7-9-15(10-8-14)25(22,23)19-11-5-4-6-12-19/h7-10,13H,3-6,11-12H2,1-2H3,(H,18,20)/t13-/m0/s1. The van der Waals surface area contributed by atoms with Crippen LogP contribution in [0.4, 0.5) is 0 Å². The summed E-state index contributed by atoms with van der Waals surface area (Å²) in [6.45, 7) is 4.75. The van der Waals surface area contributed by atoms with Crippen LogP contribution in [0, 0.1) is 0 Å². The Morgan fingerprint density at radius 3 is 2.32 bits per heavy atom. The minimum atomic E-state index is -3.53. The lowest BCUT2D eigenvalue weighted by atomic mass is 10.2. The fourth-order valence-corrected chi connectivity index (χ4v) is 4.13. The summed E-state index contributed by atoms with van der Waals surface area (Å²) in [4.78, 5) is 23.8. The Labute approximate surface area is 148 Å². The highest BCUT2D eigenvalue weighted by Gasteiger charge is 2.26. The van der Waals surface area contributed by atoms with Gasteiger partial charge < -0.3 is 10.1 Å². The highest BCUT2D eigenvalue weighted by atomic mass is 32.2. The van der Waals surface area contributed by atoms with Gasteiger partial charge in [0.05, 0.1) is 10.5 Å². The summed E-state index contributed by atoms with van der Waals surface area (Å²) in [6, 6.07) is 5.61. The zero-order valence-electron chi connectivity index (χ0n) is 14.5. The van der Waals surface area contributed by atoms with Crippen LogP contribution in [0.1, 0.15) is 43.5 Å². The summed E-state index contributed by atoms with van der Waals surface area (Å²) in [5, 5.41) is 2.57. The van der Waals surface area contributed by atoms with Crippen molar-refractivity contribution in [1.82, 2.24) is 9.62 Å². The quantitative estimate of drug-likeness (QED) is 0.769. The fraction of sp³-hybridized carbons (Fsp3) is 0.529. The van der Waals surface area contributed by atoms with Gasteiger partial charge in [-0.1, -0.05) is 6.42 Å². The molecule has 8 heteroatoms. The molecular formula is C17H24N2O5S. The lowest BCUT2D eigenvalue weighted by Crippen LogP contribution is -2.36. The van der Waals surface area contributed by atoms with Gasteiger partial charge in [0.25, 0.3) is 5.91 Å². The Hall–Kier alpha value is -1.93. The van der Waals surface area contributed by atoms with Gasteiger partial charge >= 0.3 is 5.97 Å². The van der Waals surface area contributed by atoms with E-state index in [1.807, 2.05) is 0 Å². The molecule has 1 aromatic rings. The Morgan fingerprint density at radius 1 is 1.16 bits per heavy atom. The third kappa shape index (κ3) is 4.79. The molecule has 0 aromatic heterocycles. The molecule has 1 N–H and O–H groups in total. The third-order valence-corrected chi connectivity index (χ3v) is 5.96. The molecule has 1 aliphatic rings. The molecule has 0 bridgehead atoms. The Morgan fingerprint density at radius 2 is 1.76 bits per heavy atom. The maximum Gasteiger partial charge on any atom is 0.338 e. The van der Waals surface area contributed by atoms with E-state index >= 15 is 0 Å². The first-order chi connectivity index (χ1) is 11.9. The number of carbonyl (C=O) groups is 2. The first-order valence-corrected chi connectivity index (χ1v) is 9.89. The molecule has 1 saturated heterocycles. The van der Waals surface area contributed by atoms with Gasteiger partial charge in [0.15, 0.2) is 6.10 Å². The van der Waals surface area contributed by atoms with Crippen molar-refractivity contribution in [1.29, 1.82) is 0 Å². The number of rotatable bonds is 6. The van der Waals surface area contributed by atoms with Crippen LogP contribution in [0.25, 0.3) is 0 Å². The van der Waals surface area contributed by atoms with E-state index < -0.39 is 22.1 Å². The van der Waals surface area contributed by atoms with E-state index in [1.165, 1.54) is 35.5 Å². The smallest absolute Gasteiger partial charge is 0.338 e. The maximum absolute atomic E-state index is 12.6. The van der Waals surface area contributed by atoms with Gasteiger partial charge in [0.2, 0.25) is 10.0 Å². The second kappa shape index (κ2) is 8.44. The van der Waals surface area contributed by atoms with E-state index in [0.717, 1.165) is 19.3 Å². The number of benzene rings is 1. The molecule has 0 aliphatic carbocycles. The van der Waals surface area contributed by atoms with Gasteiger partial charge in [-0.3, -0.25) is 4.79 Å². The van der Waals surface area contributed by atoms with Crippen LogP contribution < -0.4 is 5.32 Å². The summed E-state index contributed by atoms with van der Waals surface area (Å²) in [7, 11) is -3.53. The van der Waals surface area contributed by atoms with Crippen molar-refractivity contribution in [3.05, 3.63) is 29.8 Å². The van der Waals surface area contributed by atoms with Crippen molar-refractivity contribution in [2.45, 2.75) is 44.1 Å². The minimum Gasteiger partial charge on any atom is -0.449 e. The summed E-state index contributed by atoms with van der Waals surface area (Å²) < 4.78 is 31.7. The SMILES string of the molecule is CCNC(=O)[C@H](C)OC(=O)c1ccc(S(=O)(=O)N2CCCCC2)cc1. The molecule has 25 heavy (non-hydrogen) atoms. The fourth-order valence-electron chi connectivity index (χ4n) is 2.62. The van der Waals surface area contributed by atoms with Crippen LogP contribution in [0.15, 0.2) is 29.2 Å². The largest absolute Gasteiger partial charge is 0.449 e. The van der Waals surface area contributed by atoms with Crippen molar-refractivity contribution in [2.24, 2.45) is 0 Å². The summed E-state index contributed by atoms with van der Waals surface area (Å²) >= 11 is 0. The molecule has 138 valence electrons. The van der Waals surface area contributed by atoms with Gasteiger partial charge in [-0.2, -0.15) is 4.31 Å². The molecule has 1 amide bonds. The molecule has 0 unspecified atom stereocenters. The van der Waals surface area contributed by atoms with Gasteiger partial charge in [0.1, 0.15) is 0 Å². The van der Waals surface area contributed by atoms with Crippen molar-refractivity contribution >= 4 is 21.9 Å². The number of carbonyl (C=O) groups excluding carboxylic acids is 2. The molecule has 0 radical (unpaired) electrons. The van der Waals surface area contributed by atoms with Crippen molar-refractivity contribution in [3.8, 4) is 0 Å². The average Bonchev–Trinajstić information content (AvgIpc) is 2.62. The normalized spacial score (nSPS) is 16.9. The average molecular weight is 368 g/mol. The van der Waals surface area contributed by atoms with E-state index in [-0.39, 0.29) is 16.4 Å². The van der Waals surface area contributed by atoms with E-state index in [4.69, 9.17) is 4.74 Å². The minimum absolute atomic E-state index is 0.155. The van der Waals surface area contributed by atoms with E-state index in [9.17, 15) is 18.0 Å². The number of likely N-dealkylation sites (N-methyl/N-ethyl adjacent to an activating group) is 1. The van der Waals surface area contributed by atoms with Crippen LogP contribution in [0.3, 0.4) is 0 Å². The molecule has 1 heterocycles. The molecule has 1 atom stereocenters.